The Labute approximate surface area is 104 Å². The predicted molar refractivity (Wildman–Crippen MR) is 62.5 cm³/mol. The molecule has 0 bridgehead atoms. The number of halogens is 3. The minimum Gasteiger partial charge on any atom is -0.379 e. The summed E-state index contributed by atoms with van der Waals surface area (Å²) in [7, 11) is 1.63. The first-order valence-corrected chi connectivity index (χ1v) is 5.93. The summed E-state index contributed by atoms with van der Waals surface area (Å²) in [5.74, 6) is 0.165. The molecule has 5 heteroatoms. The third kappa shape index (κ3) is 2.84. The number of nitrogens with one attached hydrogen (secondary N) is 1. The highest BCUT2D eigenvalue weighted by Gasteiger charge is 2.31. The molecular weight excluding hydrogens is 243 g/mol. The molecule has 0 aliphatic carbocycles. The van der Waals surface area contributed by atoms with E-state index in [-0.39, 0.29) is 12.0 Å². The minimum absolute atomic E-state index is 0.0236. The van der Waals surface area contributed by atoms with Gasteiger partial charge < -0.3 is 10.1 Å². The summed E-state index contributed by atoms with van der Waals surface area (Å²) in [6, 6.07) is 5.41. The molecule has 100 valence electrons. The molecule has 1 aromatic carbocycles. The van der Waals surface area contributed by atoms with E-state index < -0.39 is 11.7 Å². The molecule has 0 radical (unpaired) electrons. The zero-order valence-corrected chi connectivity index (χ0v) is 10.1. The highest BCUT2D eigenvalue weighted by atomic mass is 19.4. The maximum Gasteiger partial charge on any atom is 0.416 e. The number of benzene rings is 1. The van der Waals surface area contributed by atoms with Gasteiger partial charge in [-0.15, -0.1) is 0 Å². The van der Waals surface area contributed by atoms with Crippen LogP contribution in [0.3, 0.4) is 0 Å². The molecule has 0 saturated carbocycles. The van der Waals surface area contributed by atoms with Crippen molar-refractivity contribution in [2.24, 2.45) is 0 Å². The zero-order chi connectivity index (χ0) is 13.2. The molecule has 2 nitrogen and oxygen atoms in total. The molecule has 1 aliphatic heterocycles. The van der Waals surface area contributed by atoms with Crippen LogP contribution in [0.15, 0.2) is 24.3 Å². The molecule has 0 aromatic heterocycles. The fraction of sp³-hybridized carbons (Fsp3) is 0.538. The second-order valence-electron chi connectivity index (χ2n) is 4.49. The standard InChI is InChI=1S/C13H16F3NO/c1-18-12-8-17-7-6-11(12)9-2-4-10(5-3-9)13(14,15)16/h2-5,11-12,17H,6-8H2,1H3/t11-,12-/m0/s1. The molecule has 0 amide bonds. The number of piperidine rings is 1. The Balaban J connectivity index is 2.18. The maximum absolute atomic E-state index is 12.5. The van der Waals surface area contributed by atoms with E-state index in [1.807, 2.05) is 0 Å². The van der Waals surface area contributed by atoms with Crippen molar-refractivity contribution in [2.75, 3.05) is 20.2 Å². The van der Waals surface area contributed by atoms with E-state index in [2.05, 4.69) is 5.32 Å². The average Bonchev–Trinajstić information content (AvgIpc) is 2.38. The Bertz CT molecular complexity index is 388. The van der Waals surface area contributed by atoms with E-state index >= 15 is 0 Å². The summed E-state index contributed by atoms with van der Waals surface area (Å²) in [6.45, 7) is 1.60. The second kappa shape index (κ2) is 5.28. The Kier molecular flexibility index (Phi) is 3.92. The van der Waals surface area contributed by atoms with E-state index in [1.165, 1.54) is 0 Å². The van der Waals surface area contributed by atoms with Crippen molar-refractivity contribution in [2.45, 2.75) is 24.6 Å². The number of ether oxygens (including phenoxy) is 1. The van der Waals surface area contributed by atoms with Crippen LogP contribution in [0.1, 0.15) is 23.5 Å². The lowest BCUT2D eigenvalue weighted by Crippen LogP contribution is -2.40. The van der Waals surface area contributed by atoms with Crippen molar-refractivity contribution < 1.29 is 17.9 Å². The van der Waals surface area contributed by atoms with Gasteiger partial charge in [-0.3, -0.25) is 0 Å². The number of methoxy groups -OCH3 is 1. The van der Waals surface area contributed by atoms with E-state index in [1.54, 1.807) is 19.2 Å². The van der Waals surface area contributed by atoms with Gasteiger partial charge in [0.2, 0.25) is 0 Å². The molecule has 0 spiro atoms. The number of hydrogen-bond acceptors (Lipinski definition) is 2. The minimum atomic E-state index is -4.27. The first kappa shape index (κ1) is 13.4. The fourth-order valence-electron chi connectivity index (χ4n) is 2.38. The summed E-state index contributed by atoms with van der Waals surface area (Å²) in [5.41, 5.74) is 0.311. The molecule has 1 N–H and O–H groups in total. The molecule has 2 atom stereocenters. The Hall–Kier alpha value is -1.07. The molecule has 1 fully saturated rings. The second-order valence-corrected chi connectivity index (χ2v) is 4.49. The first-order chi connectivity index (χ1) is 8.52. The summed E-state index contributed by atoms with van der Waals surface area (Å²) in [4.78, 5) is 0. The number of alkyl halides is 3. The summed E-state index contributed by atoms with van der Waals surface area (Å²) >= 11 is 0. The molecule has 2 rings (SSSR count). The SMILES string of the molecule is CO[C@H]1CNCC[C@H]1c1ccc(C(F)(F)F)cc1. The molecule has 1 heterocycles. The van der Waals surface area contributed by atoms with Gasteiger partial charge >= 0.3 is 6.18 Å². The van der Waals surface area contributed by atoms with Gasteiger partial charge in [0.1, 0.15) is 0 Å². The van der Waals surface area contributed by atoms with E-state index in [0.717, 1.165) is 37.2 Å². The van der Waals surface area contributed by atoms with Gasteiger partial charge in [-0.2, -0.15) is 13.2 Å². The fourth-order valence-corrected chi connectivity index (χ4v) is 2.38. The van der Waals surface area contributed by atoms with Gasteiger partial charge in [0.15, 0.2) is 0 Å². The topological polar surface area (TPSA) is 21.3 Å². The third-order valence-corrected chi connectivity index (χ3v) is 3.40. The first-order valence-electron chi connectivity index (χ1n) is 5.93. The highest BCUT2D eigenvalue weighted by Crippen LogP contribution is 2.32. The van der Waals surface area contributed by atoms with Crippen LogP contribution in [-0.4, -0.2) is 26.3 Å². The predicted octanol–water partition coefficient (Wildman–Crippen LogP) is 2.80. The van der Waals surface area contributed by atoms with Crippen LogP contribution < -0.4 is 5.32 Å². The van der Waals surface area contributed by atoms with E-state index in [0.29, 0.717) is 0 Å². The van der Waals surface area contributed by atoms with Crippen LogP contribution in [0.5, 0.6) is 0 Å². The lowest BCUT2D eigenvalue weighted by molar-refractivity contribution is -0.137. The van der Waals surface area contributed by atoms with Crippen molar-refractivity contribution in [1.29, 1.82) is 0 Å². The monoisotopic (exact) mass is 259 g/mol. The van der Waals surface area contributed by atoms with Crippen molar-refractivity contribution in [3.05, 3.63) is 35.4 Å². The Morgan fingerprint density at radius 3 is 2.44 bits per heavy atom. The van der Waals surface area contributed by atoms with Crippen molar-refractivity contribution in [3.8, 4) is 0 Å². The van der Waals surface area contributed by atoms with E-state index in [9.17, 15) is 13.2 Å². The summed E-state index contributed by atoms with van der Waals surface area (Å²) < 4.78 is 42.8. The molecule has 1 aromatic rings. The van der Waals surface area contributed by atoms with Crippen LogP contribution in [-0.2, 0) is 10.9 Å². The molecule has 1 saturated heterocycles. The van der Waals surface area contributed by atoms with Gasteiger partial charge in [0, 0.05) is 19.6 Å². The number of hydrogen-bond donors (Lipinski definition) is 1. The van der Waals surface area contributed by atoms with Gasteiger partial charge in [-0.25, -0.2) is 0 Å². The molecule has 0 unspecified atom stereocenters. The Morgan fingerprint density at radius 2 is 1.89 bits per heavy atom. The van der Waals surface area contributed by atoms with Crippen molar-refractivity contribution >= 4 is 0 Å². The molecule has 1 aliphatic rings. The molecule has 18 heavy (non-hydrogen) atoms. The maximum atomic E-state index is 12.5. The smallest absolute Gasteiger partial charge is 0.379 e. The largest absolute Gasteiger partial charge is 0.416 e. The van der Waals surface area contributed by atoms with E-state index in [4.69, 9.17) is 4.74 Å². The Morgan fingerprint density at radius 1 is 1.22 bits per heavy atom. The van der Waals surface area contributed by atoms with Crippen molar-refractivity contribution in [3.63, 3.8) is 0 Å². The molecular formula is C13H16F3NO. The normalized spacial score (nSPS) is 25.1. The van der Waals surface area contributed by atoms with Gasteiger partial charge in [0.25, 0.3) is 0 Å². The lowest BCUT2D eigenvalue weighted by atomic mass is 9.87. The summed E-state index contributed by atoms with van der Waals surface area (Å²) in [6.07, 6.45) is -3.37. The lowest BCUT2D eigenvalue weighted by Gasteiger charge is -2.31. The third-order valence-electron chi connectivity index (χ3n) is 3.40. The highest BCUT2D eigenvalue weighted by molar-refractivity contribution is 5.28. The van der Waals surface area contributed by atoms with Crippen LogP contribution in [0.25, 0.3) is 0 Å². The number of rotatable bonds is 2. The quantitative estimate of drug-likeness (QED) is 0.881. The average molecular weight is 259 g/mol. The van der Waals surface area contributed by atoms with Crippen LogP contribution >= 0.6 is 0 Å². The van der Waals surface area contributed by atoms with Crippen LogP contribution in [0.2, 0.25) is 0 Å². The van der Waals surface area contributed by atoms with Crippen LogP contribution in [0.4, 0.5) is 13.2 Å². The van der Waals surface area contributed by atoms with Gasteiger partial charge in [-0.1, -0.05) is 12.1 Å². The van der Waals surface area contributed by atoms with Gasteiger partial charge in [0.05, 0.1) is 11.7 Å². The van der Waals surface area contributed by atoms with Crippen molar-refractivity contribution in [1.82, 2.24) is 5.32 Å². The zero-order valence-electron chi connectivity index (χ0n) is 10.1. The van der Waals surface area contributed by atoms with Gasteiger partial charge in [-0.05, 0) is 30.7 Å². The summed E-state index contributed by atoms with van der Waals surface area (Å²) in [5, 5.41) is 3.22. The van der Waals surface area contributed by atoms with Crippen LogP contribution in [0, 0.1) is 0 Å².